The van der Waals surface area contributed by atoms with Gasteiger partial charge in [0.25, 0.3) is 10.0 Å². The van der Waals surface area contributed by atoms with Crippen molar-refractivity contribution in [3.63, 3.8) is 0 Å². The highest BCUT2D eigenvalue weighted by molar-refractivity contribution is 7.89. The van der Waals surface area contributed by atoms with E-state index >= 15 is 0 Å². The van der Waals surface area contributed by atoms with Crippen molar-refractivity contribution in [3.05, 3.63) is 63.6 Å². The lowest BCUT2D eigenvalue weighted by Gasteiger charge is -2.45. The van der Waals surface area contributed by atoms with Crippen LogP contribution in [-0.4, -0.2) is 56.9 Å². The van der Waals surface area contributed by atoms with Gasteiger partial charge in [-0.15, -0.1) is 5.10 Å². The molecule has 1 N–H and O–H groups in total. The number of ether oxygens (including phenoxy) is 2. The Hall–Kier alpha value is -2.05. The van der Waals surface area contributed by atoms with E-state index < -0.39 is 34.4 Å². The van der Waals surface area contributed by atoms with E-state index in [1.807, 2.05) is 4.83 Å². The summed E-state index contributed by atoms with van der Waals surface area (Å²) in [6.45, 7) is 1.98. The molecule has 0 bridgehead atoms. The topological polar surface area (TPSA) is 80.2 Å². The lowest BCUT2D eigenvalue weighted by Crippen LogP contribution is -2.59. The molecule has 2 aliphatic rings. The summed E-state index contributed by atoms with van der Waals surface area (Å²) in [7, 11) is -4.20. The lowest BCUT2D eigenvalue weighted by atomic mass is 9.94. The fourth-order valence-corrected chi connectivity index (χ4v) is 5.48. The Balaban J connectivity index is 1.78. The largest absolute Gasteiger partial charge is 0.408 e. The fraction of sp³-hybridized carbons (Fsp3) is 0.409. The van der Waals surface area contributed by atoms with E-state index in [2.05, 4.69) is 5.10 Å². The molecule has 1 atom stereocenters. The van der Waals surface area contributed by atoms with Gasteiger partial charge in [0.2, 0.25) is 0 Å². The molecule has 190 valence electrons. The van der Waals surface area contributed by atoms with Crippen molar-refractivity contribution < 1.29 is 31.1 Å². The van der Waals surface area contributed by atoms with Gasteiger partial charge in [-0.3, -0.25) is 0 Å². The van der Waals surface area contributed by atoms with Crippen molar-refractivity contribution in [2.75, 3.05) is 19.8 Å². The number of nitrogens with one attached hydrogen (secondary N) is 1. The molecular formula is C22H22Cl2F3N3O4S. The van der Waals surface area contributed by atoms with Crippen molar-refractivity contribution in [2.24, 2.45) is 5.10 Å². The van der Waals surface area contributed by atoms with E-state index in [0.29, 0.717) is 0 Å². The maximum absolute atomic E-state index is 14.3. The standard InChI is InChI=1S/C22H22Cl2F3N3O4S/c1-14-5-7-15(8-6-14)35(31,32)29-28-20(19-16(23)3-2-4-17(19)24)30-10-9-21(33-11-12-34-21)13-18(30)22(25,26)27/h2-8,18,29H,9-13H2,1H3/b28-20+. The van der Waals surface area contributed by atoms with Gasteiger partial charge >= 0.3 is 6.18 Å². The quantitative estimate of drug-likeness (QED) is 0.338. The molecule has 0 radical (unpaired) electrons. The first-order valence-electron chi connectivity index (χ1n) is 10.6. The third-order valence-corrected chi connectivity index (χ3v) is 7.72. The molecule has 35 heavy (non-hydrogen) atoms. The summed E-state index contributed by atoms with van der Waals surface area (Å²) in [5.41, 5.74) is 0.809. The smallest absolute Gasteiger partial charge is 0.347 e. The van der Waals surface area contributed by atoms with Gasteiger partial charge in [0.1, 0.15) is 6.04 Å². The summed E-state index contributed by atoms with van der Waals surface area (Å²) in [5.74, 6) is -1.72. The van der Waals surface area contributed by atoms with Gasteiger partial charge in [0.15, 0.2) is 11.6 Å². The highest BCUT2D eigenvalue weighted by atomic mass is 35.5. The minimum absolute atomic E-state index is 0.0142. The number of aryl methyl sites for hydroxylation is 1. The van der Waals surface area contributed by atoms with Crippen molar-refractivity contribution in [1.82, 2.24) is 9.73 Å². The number of hydrazone groups is 1. The highest BCUT2D eigenvalue weighted by Crippen LogP contribution is 2.42. The molecule has 2 aromatic rings. The Morgan fingerprint density at radius 2 is 1.71 bits per heavy atom. The Morgan fingerprint density at radius 1 is 1.11 bits per heavy atom. The normalized spacial score (nSPS) is 20.9. The summed E-state index contributed by atoms with van der Waals surface area (Å²) >= 11 is 12.6. The zero-order valence-corrected chi connectivity index (χ0v) is 20.8. The van der Waals surface area contributed by atoms with Gasteiger partial charge in [0, 0.05) is 19.4 Å². The van der Waals surface area contributed by atoms with Gasteiger partial charge in [-0.25, -0.2) is 0 Å². The SMILES string of the molecule is Cc1ccc(S(=O)(=O)N/N=C(\c2c(Cl)cccc2Cl)N2CCC3(CC2C(F)(F)F)OCCO3)cc1. The second kappa shape index (κ2) is 9.78. The molecule has 13 heteroatoms. The summed E-state index contributed by atoms with van der Waals surface area (Å²) in [5, 5.41) is 3.97. The molecule has 2 saturated heterocycles. The van der Waals surface area contributed by atoms with Crippen molar-refractivity contribution in [1.29, 1.82) is 0 Å². The number of piperidine rings is 1. The third-order valence-electron chi connectivity index (χ3n) is 5.87. The van der Waals surface area contributed by atoms with E-state index in [1.165, 1.54) is 30.3 Å². The number of nitrogens with zero attached hydrogens (tertiary/aromatic N) is 2. The van der Waals surface area contributed by atoms with Crippen LogP contribution in [0.25, 0.3) is 0 Å². The minimum Gasteiger partial charge on any atom is -0.347 e. The van der Waals surface area contributed by atoms with Crippen molar-refractivity contribution in [3.8, 4) is 0 Å². The van der Waals surface area contributed by atoms with Crippen molar-refractivity contribution in [2.45, 2.75) is 42.7 Å². The Morgan fingerprint density at radius 3 is 2.29 bits per heavy atom. The second-order valence-corrected chi connectivity index (χ2v) is 10.7. The van der Waals surface area contributed by atoms with E-state index in [1.54, 1.807) is 19.1 Å². The van der Waals surface area contributed by atoms with Gasteiger partial charge in [-0.2, -0.15) is 26.4 Å². The fourth-order valence-electron chi connectivity index (χ4n) is 4.11. The summed E-state index contributed by atoms with van der Waals surface area (Å²) < 4.78 is 79.5. The summed E-state index contributed by atoms with van der Waals surface area (Å²) in [6, 6.07) is 8.22. The molecule has 7 nitrogen and oxygen atoms in total. The molecule has 4 rings (SSSR count). The first kappa shape index (κ1) is 26.0. The first-order chi connectivity index (χ1) is 16.4. The van der Waals surface area contributed by atoms with Gasteiger partial charge < -0.3 is 14.4 Å². The predicted octanol–water partition coefficient (Wildman–Crippen LogP) is 4.71. The van der Waals surface area contributed by atoms with E-state index in [9.17, 15) is 21.6 Å². The zero-order chi connectivity index (χ0) is 25.4. The molecule has 1 unspecified atom stereocenters. The summed E-state index contributed by atoms with van der Waals surface area (Å²) in [6.07, 6.45) is -5.14. The van der Waals surface area contributed by atoms with Crippen LogP contribution in [-0.2, 0) is 19.5 Å². The number of sulfonamides is 1. The second-order valence-electron chi connectivity index (χ2n) is 8.25. The lowest BCUT2D eigenvalue weighted by molar-refractivity contribution is -0.244. The van der Waals surface area contributed by atoms with E-state index in [4.69, 9.17) is 32.7 Å². The van der Waals surface area contributed by atoms with Gasteiger partial charge in [0.05, 0.1) is 33.7 Å². The maximum Gasteiger partial charge on any atom is 0.408 e. The molecule has 2 heterocycles. The van der Waals surface area contributed by atoms with E-state index in [-0.39, 0.29) is 52.5 Å². The average molecular weight is 552 g/mol. The van der Waals surface area contributed by atoms with Crippen LogP contribution in [0, 0.1) is 6.92 Å². The number of amidine groups is 1. The van der Waals surface area contributed by atoms with E-state index in [0.717, 1.165) is 10.5 Å². The number of likely N-dealkylation sites (tertiary alicyclic amines) is 1. The van der Waals surface area contributed by atoms with Crippen LogP contribution in [0.2, 0.25) is 10.0 Å². The van der Waals surface area contributed by atoms with Crippen LogP contribution in [0.1, 0.15) is 24.0 Å². The molecule has 2 aromatic carbocycles. The zero-order valence-electron chi connectivity index (χ0n) is 18.5. The molecule has 0 aromatic heterocycles. The Kier molecular flexibility index (Phi) is 7.27. The number of hydrogen-bond donors (Lipinski definition) is 1. The number of benzene rings is 2. The van der Waals surface area contributed by atoms with Crippen molar-refractivity contribution >= 4 is 39.1 Å². The number of rotatable bonds is 4. The van der Waals surface area contributed by atoms with Crippen LogP contribution < -0.4 is 4.83 Å². The molecule has 0 aliphatic carbocycles. The summed E-state index contributed by atoms with van der Waals surface area (Å²) in [4.78, 5) is 2.89. The number of hydrogen-bond acceptors (Lipinski definition) is 5. The van der Waals surface area contributed by atoms with Crippen LogP contribution in [0.5, 0.6) is 0 Å². The Bertz CT molecular complexity index is 1200. The first-order valence-corrected chi connectivity index (χ1v) is 12.9. The molecule has 1 spiro atoms. The highest BCUT2D eigenvalue weighted by Gasteiger charge is 2.55. The predicted molar refractivity (Wildman–Crippen MR) is 125 cm³/mol. The monoisotopic (exact) mass is 551 g/mol. The molecule has 2 aliphatic heterocycles. The molecule has 0 amide bonds. The third kappa shape index (κ3) is 5.54. The van der Waals surface area contributed by atoms with Gasteiger partial charge in [-0.05, 0) is 31.2 Å². The maximum atomic E-state index is 14.3. The molecule has 2 fully saturated rings. The van der Waals surface area contributed by atoms with Crippen LogP contribution in [0.4, 0.5) is 13.2 Å². The van der Waals surface area contributed by atoms with Crippen LogP contribution in [0.15, 0.2) is 52.5 Å². The number of alkyl halides is 3. The molecular weight excluding hydrogens is 530 g/mol. The van der Waals surface area contributed by atoms with Crippen LogP contribution >= 0.6 is 23.2 Å². The average Bonchev–Trinajstić information content (AvgIpc) is 3.23. The van der Waals surface area contributed by atoms with Crippen LogP contribution in [0.3, 0.4) is 0 Å². The number of halogens is 5. The molecule has 0 saturated carbocycles. The Labute approximate surface area is 210 Å². The van der Waals surface area contributed by atoms with Gasteiger partial charge in [-0.1, -0.05) is 47.0 Å². The minimum atomic E-state index is -4.72.